The summed E-state index contributed by atoms with van der Waals surface area (Å²) in [5, 5.41) is 12.4. The Hall–Kier alpha value is -3.58. The van der Waals surface area contributed by atoms with Crippen LogP contribution in [-0.2, 0) is 11.5 Å². The van der Waals surface area contributed by atoms with Gasteiger partial charge in [-0.25, -0.2) is 4.98 Å². The number of aromatic nitrogens is 2. The van der Waals surface area contributed by atoms with E-state index >= 15 is 0 Å². The van der Waals surface area contributed by atoms with Gasteiger partial charge in [0.05, 0.1) is 0 Å². The first-order valence-electron chi connectivity index (χ1n) is 11.9. The van der Waals surface area contributed by atoms with Gasteiger partial charge in [0.1, 0.15) is 18.2 Å². The molecular formula is C27H27ClN4O3. The number of rotatable bonds is 6. The molecule has 1 saturated carbocycles. The zero-order valence-corrected chi connectivity index (χ0v) is 20.0. The number of carboxylic acid groups (broad SMARTS) is 1. The Morgan fingerprint density at radius 1 is 1.09 bits per heavy atom. The van der Waals surface area contributed by atoms with E-state index in [1.54, 1.807) is 30.5 Å². The average Bonchev–Trinajstić information content (AvgIpc) is 3.28. The molecule has 8 heteroatoms. The third-order valence-electron chi connectivity index (χ3n) is 6.84. The number of hydrogen-bond donors (Lipinski definition) is 2. The number of fused-ring (bicyclic) bond motifs is 1. The monoisotopic (exact) mass is 490 g/mol. The summed E-state index contributed by atoms with van der Waals surface area (Å²) in [6, 6.07) is 15.6. The minimum atomic E-state index is -0.692. The zero-order valence-electron chi connectivity index (χ0n) is 19.2. The Labute approximate surface area is 209 Å². The van der Waals surface area contributed by atoms with Crippen molar-refractivity contribution in [2.45, 2.75) is 44.7 Å². The minimum Gasteiger partial charge on any atom is -0.481 e. The van der Waals surface area contributed by atoms with E-state index < -0.39 is 5.97 Å². The minimum absolute atomic E-state index is 0.281. The molecule has 1 aliphatic carbocycles. The van der Waals surface area contributed by atoms with E-state index in [0.29, 0.717) is 34.9 Å². The Kier molecular flexibility index (Phi) is 6.59. The summed E-state index contributed by atoms with van der Waals surface area (Å²) in [6.07, 6.45) is 9.96. The molecule has 2 N–H and O–H groups in total. The number of aliphatic carboxylic acids is 1. The van der Waals surface area contributed by atoms with Crippen molar-refractivity contribution >= 4 is 40.9 Å². The SMILES string of the molecule is O=C(O)CC1CCC(c2ccc(N3C=Cc4nc(C(=O)Nc5cccc(Cl)c5)cn4C3)cc2)CC1. The molecule has 180 valence electrons. The van der Waals surface area contributed by atoms with Gasteiger partial charge in [0.25, 0.3) is 5.91 Å². The van der Waals surface area contributed by atoms with Gasteiger partial charge in [-0.15, -0.1) is 0 Å². The molecule has 1 aliphatic heterocycles. The maximum Gasteiger partial charge on any atom is 0.303 e. The van der Waals surface area contributed by atoms with Gasteiger partial charge in [0.2, 0.25) is 0 Å². The van der Waals surface area contributed by atoms with Crippen LogP contribution >= 0.6 is 11.6 Å². The lowest BCUT2D eigenvalue weighted by molar-refractivity contribution is -0.138. The van der Waals surface area contributed by atoms with Crippen LogP contribution in [0.1, 0.15) is 59.9 Å². The lowest BCUT2D eigenvalue weighted by Gasteiger charge is -2.29. The second kappa shape index (κ2) is 9.96. The summed E-state index contributed by atoms with van der Waals surface area (Å²) >= 11 is 6.00. The molecule has 0 bridgehead atoms. The van der Waals surface area contributed by atoms with Gasteiger partial charge in [0, 0.05) is 35.2 Å². The van der Waals surface area contributed by atoms with E-state index in [0.717, 1.165) is 37.2 Å². The summed E-state index contributed by atoms with van der Waals surface area (Å²) < 4.78 is 1.95. The largest absolute Gasteiger partial charge is 0.481 e. The molecule has 0 saturated heterocycles. The van der Waals surface area contributed by atoms with E-state index in [9.17, 15) is 9.59 Å². The molecule has 1 fully saturated rings. The fourth-order valence-electron chi connectivity index (χ4n) is 4.97. The Morgan fingerprint density at radius 2 is 1.86 bits per heavy atom. The molecule has 0 unspecified atom stereocenters. The molecule has 5 rings (SSSR count). The van der Waals surface area contributed by atoms with Crippen LogP contribution in [0.3, 0.4) is 0 Å². The average molecular weight is 491 g/mol. The van der Waals surface area contributed by atoms with Crippen molar-refractivity contribution < 1.29 is 14.7 Å². The number of anilines is 2. The molecule has 0 radical (unpaired) electrons. The number of nitrogens with one attached hydrogen (secondary N) is 1. The van der Waals surface area contributed by atoms with E-state index in [1.165, 1.54) is 5.56 Å². The van der Waals surface area contributed by atoms with Crippen molar-refractivity contribution in [3.8, 4) is 0 Å². The maximum atomic E-state index is 12.7. The van der Waals surface area contributed by atoms with Gasteiger partial charge in [-0.2, -0.15) is 0 Å². The van der Waals surface area contributed by atoms with Gasteiger partial charge in [-0.1, -0.05) is 29.8 Å². The van der Waals surface area contributed by atoms with Gasteiger partial charge in [-0.05, 0) is 79.5 Å². The number of carbonyl (C=O) groups is 2. The molecule has 35 heavy (non-hydrogen) atoms. The number of benzene rings is 2. The van der Waals surface area contributed by atoms with Crippen molar-refractivity contribution in [3.63, 3.8) is 0 Å². The van der Waals surface area contributed by atoms with Crippen LogP contribution in [0.25, 0.3) is 6.08 Å². The lowest BCUT2D eigenvalue weighted by atomic mass is 9.77. The van der Waals surface area contributed by atoms with Gasteiger partial charge in [-0.3, -0.25) is 9.59 Å². The molecule has 2 heterocycles. The first kappa shape index (κ1) is 23.2. The third-order valence-corrected chi connectivity index (χ3v) is 7.07. The van der Waals surface area contributed by atoms with Crippen LogP contribution in [0.15, 0.2) is 60.9 Å². The quantitative estimate of drug-likeness (QED) is 0.443. The fourth-order valence-corrected chi connectivity index (χ4v) is 5.16. The van der Waals surface area contributed by atoms with Crippen molar-refractivity contribution in [2.75, 3.05) is 10.2 Å². The highest BCUT2D eigenvalue weighted by molar-refractivity contribution is 6.30. The van der Waals surface area contributed by atoms with Crippen LogP contribution in [-0.4, -0.2) is 26.5 Å². The van der Waals surface area contributed by atoms with Crippen molar-refractivity contribution in [3.05, 3.63) is 83.0 Å². The number of imidazole rings is 1. The number of nitrogens with zero attached hydrogens (tertiary/aromatic N) is 3. The second-order valence-corrected chi connectivity index (χ2v) is 9.69. The lowest BCUT2D eigenvalue weighted by Crippen LogP contribution is -2.23. The van der Waals surface area contributed by atoms with E-state index in [2.05, 4.69) is 39.5 Å². The standard InChI is InChI=1S/C27H27ClN4O3/c28-21-2-1-3-22(15-21)29-27(35)24-16-32-17-31(13-12-25(32)30-24)23-10-8-20(9-11-23)19-6-4-18(5-7-19)14-26(33)34/h1-3,8-13,15-16,18-19H,4-7,14,17H2,(H,29,35)(H,33,34). The number of carboxylic acids is 1. The number of carbonyl (C=O) groups excluding carboxylic acids is 1. The van der Waals surface area contributed by atoms with Gasteiger partial charge in [0.15, 0.2) is 0 Å². The van der Waals surface area contributed by atoms with Crippen LogP contribution in [0.5, 0.6) is 0 Å². The maximum absolute atomic E-state index is 12.7. The summed E-state index contributed by atoms with van der Waals surface area (Å²) in [7, 11) is 0. The Balaban J connectivity index is 1.21. The molecule has 7 nitrogen and oxygen atoms in total. The molecule has 0 atom stereocenters. The highest BCUT2D eigenvalue weighted by Crippen LogP contribution is 2.37. The van der Waals surface area contributed by atoms with Crippen molar-refractivity contribution in [1.29, 1.82) is 0 Å². The van der Waals surface area contributed by atoms with Crippen LogP contribution in [0, 0.1) is 5.92 Å². The second-order valence-electron chi connectivity index (χ2n) is 9.25. The molecule has 1 amide bonds. The van der Waals surface area contributed by atoms with Crippen LogP contribution in [0.4, 0.5) is 11.4 Å². The number of hydrogen-bond acceptors (Lipinski definition) is 4. The predicted molar refractivity (Wildman–Crippen MR) is 137 cm³/mol. The predicted octanol–water partition coefficient (Wildman–Crippen LogP) is 5.99. The first-order chi connectivity index (χ1) is 16.9. The third kappa shape index (κ3) is 5.41. The smallest absolute Gasteiger partial charge is 0.303 e. The summed E-state index contributed by atoms with van der Waals surface area (Å²) in [5.74, 6) is 0.557. The van der Waals surface area contributed by atoms with Crippen LogP contribution < -0.4 is 10.2 Å². The Morgan fingerprint density at radius 3 is 2.57 bits per heavy atom. The number of amides is 1. The Bertz CT molecular complexity index is 1260. The molecule has 2 aromatic carbocycles. The van der Waals surface area contributed by atoms with Gasteiger partial charge < -0.3 is 19.9 Å². The van der Waals surface area contributed by atoms with Crippen molar-refractivity contribution in [1.82, 2.24) is 9.55 Å². The van der Waals surface area contributed by atoms with E-state index in [4.69, 9.17) is 16.7 Å². The highest BCUT2D eigenvalue weighted by atomic mass is 35.5. The van der Waals surface area contributed by atoms with Crippen molar-refractivity contribution in [2.24, 2.45) is 5.92 Å². The van der Waals surface area contributed by atoms with E-state index in [-0.39, 0.29) is 12.3 Å². The van der Waals surface area contributed by atoms with Crippen LogP contribution in [0.2, 0.25) is 5.02 Å². The fraction of sp³-hybridized carbons (Fsp3) is 0.296. The van der Waals surface area contributed by atoms with Gasteiger partial charge >= 0.3 is 5.97 Å². The summed E-state index contributed by atoms with van der Waals surface area (Å²) in [4.78, 5) is 30.2. The molecule has 2 aliphatic rings. The number of halogens is 1. The summed E-state index contributed by atoms with van der Waals surface area (Å²) in [5.41, 5.74) is 3.35. The molecule has 1 aromatic heterocycles. The molecule has 3 aromatic rings. The van der Waals surface area contributed by atoms with E-state index in [1.807, 2.05) is 16.8 Å². The topological polar surface area (TPSA) is 87.5 Å². The zero-order chi connectivity index (χ0) is 24.4. The normalized spacial score (nSPS) is 19.3. The molecular weight excluding hydrogens is 464 g/mol. The highest BCUT2D eigenvalue weighted by Gasteiger charge is 2.24. The first-order valence-corrected chi connectivity index (χ1v) is 12.2. The summed E-state index contributed by atoms with van der Waals surface area (Å²) in [6.45, 7) is 0.558. The molecule has 0 spiro atoms.